The highest BCUT2D eigenvalue weighted by atomic mass is 16.5. The van der Waals surface area contributed by atoms with Gasteiger partial charge in [-0.15, -0.1) is 0 Å². The highest BCUT2D eigenvalue weighted by Gasteiger charge is 2.27. The first-order valence-corrected chi connectivity index (χ1v) is 10.2. The largest absolute Gasteiger partial charge is 0.497 e. The van der Waals surface area contributed by atoms with Gasteiger partial charge >= 0.3 is 0 Å². The van der Waals surface area contributed by atoms with Gasteiger partial charge in [-0.05, 0) is 49.7 Å². The molecule has 1 heterocycles. The first-order chi connectivity index (χ1) is 14.2. The van der Waals surface area contributed by atoms with Gasteiger partial charge in [0.1, 0.15) is 11.5 Å². The van der Waals surface area contributed by atoms with Gasteiger partial charge in [0.2, 0.25) is 0 Å². The van der Waals surface area contributed by atoms with E-state index >= 15 is 0 Å². The molecule has 1 atom stereocenters. The van der Waals surface area contributed by atoms with Crippen LogP contribution < -0.4 is 24.3 Å². The highest BCUT2D eigenvalue weighted by Crippen LogP contribution is 2.40. The highest BCUT2D eigenvalue weighted by molar-refractivity contribution is 5.50. The average molecular weight is 401 g/mol. The number of hydrogen-bond acceptors (Lipinski definition) is 6. The van der Waals surface area contributed by atoms with Gasteiger partial charge in [-0.1, -0.05) is 6.07 Å². The molecule has 2 aromatic carbocycles. The van der Waals surface area contributed by atoms with Crippen LogP contribution >= 0.6 is 0 Å². The van der Waals surface area contributed by atoms with Crippen molar-refractivity contribution in [2.75, 3.05) is 54.1 Å². The Bertz CT molecular complexity index is 788. The van der Waals surface area contributed by atoms with Crippen molar-refractivity contribution in [1.29, 1.82) is 0 Å². The molecule has 0 spiro atoms. The fourth-order valence-electron chi connectivity index (χ4n) is 3.89. The monoisotopic (exact) mass is 400 g/mol. The third-order valence-electron chi connectivity index (χ3n) is 5.28. The number of hydrogen-bond donors (Lipinski definition) is 1. The first kappa shape index (κ1) is 21.3. The summed E-state index contributed by atoms with van der Waals surface area (Å²) in [6, 6.07) is 12.3. The van der Waals surface area contributed by atoms with Gasteiger partial charge in [0.25, 0.3) is 0 Å². The third-order valence-corrected chi connectivity index (χ3v) is 5.28. The van der Waals surface area contributed by atoms with Crippen LogP contribution in [0, 0.1) is 0 Å². The minimum absolute atomic E-state index is 0.0425. The van der Waals surface area contributed by atoms with E-state index in [2.05, 4.69) is 28.4 Å². The van der Waals surface area contributed by atoms with E-state index in [-0.39, 0.29) is 6.04 Å². The summed E-state index contributed by atoms with van der Waals surface area (Å²) < 4.78 is 22.5. The van der Waals surface area contributed by atoms with E-state index in [1.807, 2.05) is 25.1 Å². The zero-order chi connectivity index (χ0) is 20.6. The lowest BCUT2D eigenvalue weighted by molar-refractivity contribution is 0.235. The van der Waals surface area contributed by atoms with E-state index < -0.39 is 0 Å². The number of rotatable bonds is 8. The minimum Gasteiger partial charge on any atom is -0.497 e. The summed E-state index contributed by atoms with van der Waals surface area (Å²) >= 11 is 0. The quantitative estimate of drug-likeness (QED) is 0.732. The molecule has 0 bridgehead atoms. The summed E-state index contributed by atoms with van der Waals surface area (Å²) in [5.41, 5.74) is 2.27. The molecule has 1 aliphatic heterocycles. The Balaban J connectivity index is 2.10. The lowest BCUT2D eigenvalue weighted by atomic mass is 9.95. The first-order valence-electron chi connectivity index (χ1n) is 10.2. The van der Waals surface area contributed by atoms with Gasteiger partial charge in [-0.3, -0.25) is 4.90 Å². The second-order valence-electron chi connectivity index (χ2n) is 6.99. The van der Waals surface area contributed by atoms with Gasteiger partial charge in [0.15, 0.2) is 11.5 Å². The molecule has 6 nitrogen and oxygen atoms in total. The summed E-state index contributed by atoms with van der Waals surface area (Å²) in [4.78, 5) is 2.50. The Morgan fingerprint density at radius 3 is 2.45 bits per heavy atom. The topological polar surface area (TPSA) is 52.2 Å². The molecule has 0 aliphatic carbocycles. The van der Waals surface area contributed by atoms with Crippen LogP contribution in [0.15, 0.2) is 36.4 Å². The van der Waals surface area contributed by atoms with Crippen molar-refractivity contribution in [3.63, 3.8) is 0 Å². The van der Waals surface area contributed by atoms with Crippen LogP contribution in [0.3, 0.4) is 0 Å². The number of methoxy groups -OCH3 is 3. The number of benzene rings is 2. The van der Waals surface area contributed by atoms with Crippen molar-refractivity contribution in [2.24, 2.45) is 0 Å². The molecule has 2 aromatic rings. The fraction of sp³-hybridized carbons (Fsp3) is 0.478. The van der Waals surface area contributed by atoms with Gasteiger partial charge in [0, 0.05) is 31.3 Å². The zero-order valence-electron chi connectivity index (χ0n) is 17.9. The molecule has 0 amide bonds. The van der Waals surface area contributed by atoms with Crippen LogP contribution in [0.5, 0.6) is 23.0 Å². The average Bonchev–Trinajstić information content (AvgIpc) is 3.04. The van der Waals surface area contributed by atoms with E-state index in [9.17, 15) is 0 Å². The van der Waals surface area contributed by atoms with Crippen LogP contribution in [-0.4, -0.2) is 59.0 Å². The maximum absolute atomic E-state index is 5.85. The van der Waals surface area contributed by atoms with E-state index in [0.717, 1.165) is 66.7 Å². The molecule has 1 unspecified atom stereocenters. The van der Waals surface area contributed by atoms with Crippen molar-refractivity contribution < 1.29 is 18.9 Å². The lowest BCUT2D eigenvalue weighted by Crippen LogP contribution is -2.33. The Kier molecular flexibility index (Phi) is 7.61. The molecule has 1 N–H and O–H groups in total. The second-order valence-corrected chi connectivity index (χ2v) is 6.99. The second kappa shape index (κ2) is 10.4. The van der Waals surface area contributed by atoms with Crippen molar-refractivity contribution >= 4 is 0 Å². The molecule has 1 saturated heterocycles. The Hall–Kier alpha value is -2.44. The van der Waals surface area contributed by atoms with Crippen LogP contribution in [0.25, 0.3) is 0 Å². The zero-order valence-corrected chi connectivity index (χ0v) is 17.9. The van der Waals surface area contributed by atoms with E-state index in [1.54, 1.807) is 21.3 Å². The molecule has 3 rings (SSSR count). The molecule has 0 radical (unpaired) electrons. The van der Waals surface area contributed by atoms with Crippen LogP contribution in [0.2, 0.25) is 0 Å². The lowest BCUT2D eigenvalue weighted by Gasteiger charge is -2.32. The summed E-state index contributed by atoms with van der Waals surface area (Å²) in [6.07, 6.45) is 1.10. The Labute approximate surface area is 173 Å². The van der Waals surface area contributed by atoms with Gasteiger partial charge in [-0.25, -0.2) is 0 Å². The van der Waals surface area contributed by atoms with Crippen LogP contribution in [0.1, 0.15) is 30.5 Å². The van der Waals surface area contributed by atoms with Crippen molar-refractivity contribution in [1.82, 2.24) is 10.2 Å². The predicted molar refractivity (Wildman–Crippen MR) is 115 cm³/mol. The van der Waals surface area contributed by atoms with Gasteiger partial charge in [-0.2, -0.15) is 0 Å². The van der Waals surface area contributed by atoms with E-state index in [0.29, 0.717) is 6.61 Å². The normalized spacial score (nSPS) is 16.0. The molecule has 0 aromatic heterocycles. The molecule has 29 heavy (non-hydrogen) atoms. The Morgan fingerprint density at radius 1 is 0.897 bits per heavy atom. The minimum atomic E-state index is 0.0425. The van der Waals surface area contributed by atoms with Crippen molar-refractivity contribution in [3.05, 3.63) is 47.5 Å². The molecular weight excluding hydrogens is 368 g/mol. The third kappa shape index (κ3) is 4.95. The summed E-state index contributed by atoms with van der Waals surface area (Å²) in [7, 11) is 5.05. The number of ether oxygens (including phenoxy) is 4. The van der Waals surface area contributed by atoms with Crippen LogP contribution in [0.4, 0.5) is 0 Å². The molecular formula is C23H32N2O4. The van der Waals surface area contributed by atoms with E-state index in [1.165, 1.54) is 0 Å². The summed E-state index contributed by atoms with van der Waals surface area (Å²) in [5, 5.41) is 3.49. The maximum atomic E-state index is 5.85. The fourth-order valence-corrected chi connectivity index (χ4v) is 3.89. The Morgan fingerprint density at radius 2 is 1.72 bits per heavy atom. The molecule has 1 aliphatic rings. The van der Waals surface area contributed by atoms with Crippen molar-refractivity contribution in [2.45, 2.75) is 19.4 Å². The number of nitrogens with zero attached hydrogens (tertiary/aromatic N) is 1. The number of nitrogens with one attached hydrogen (secondary N) is 1. The maximum Gasteiger partial charge on any atom is 0.161 e. The molecule has 0 saturated carbocycles. The summed E-state index contributed by atoms with van der Waals surface area (Å²) in [6.45, 7) is 6.53. The van der Waals surface area contributed by atoms with Crippen LogP contribution in [-0.2, 0) is 0 Å². The van der Waals surface area contributed by atoms with E-state index in [4.69, 9.17) is 18.9 Å². The summed E-state index contributed by atoms with van der Waals surface area (Å²) in [5.74, 6) is 3.11. The molecule has 158 valence electrons. The molecule has 1 fully saturated rings. The van der Waals surface area contributed by atoms with Crippen molar-refractivity contribution in [3.8, 4) is 23.0 Å². The van der Waals surface area contributed by atoms with Gasteiger partial charge < -0.3 is 24.3 Å². The predicted octanol–water partition coefficient (Wildman–Crippen LogP) is 3.50. The smallest absolute Gasteiger partial charge is 0.161 e. The SMILES string of the molecule is CCOc1cc(C(c2ccc(OC)cc2OC)N2CCCNCC2)ccc1OC. The standard InChI is InChI=1S/C23H32N2O4/c1-5-29-22-15-17(7-10-20(22)27-3)23(25-13-6-11-24-12-14-25)19-9-8-18(26-2)16-21(19)28-4/h7-10,15-16,23-24H,5-6,11-14H2,1-4H3. The van der Waals surface area contributed by atoms with Gasteiger partial charge in [0.05, 0.1) is 34.0 Å². The molecule has 6 heteroatoms.